The third kappa shape index (κ3) is 8.15. The number of alkyl carbamates (subject to hydrolysis) is 1. The summed E-state index contributed by atoms with van der Waals surface area (Å²) >= 11 is 1.45. The molecule has 0 bridgehead atoms. The summed E-state index contributed by atoms with van der Waals surface area (Å²) in [5.41, 5.74) is 1.49. The molecule has 59 heavy (non-hydrogen) atoms. The molecule has 0 radical (unpaired) electrons. The number of nitrogens with zero attached hydrogens (tertiary/aromatic N) is 3. The molecule has 3 aromatic heterocycles. The fourth-order valence-corrected chi connectivity index (χ4v) is 10.8. The fraction of sp³-hybridized carbons (Fsp3) is 0.524. The van der Waals surface area contributed by atoms with Crippen LogP contribution in [-0.4, -0.2) is 88.7 Å². The van der Waals surface area contributed by atoms with E-state index in [-0.39, 0.29) is 25.5 Å². The zero-order chi connectivity index (χ0) is 40.9. The maximum Gasteiger partial charge on any atom is 0.408 e. The number of para-hydroxylation sites is 1. The predicted molar refractivity (Wildman–Crippen MR) is 219 cm³/mol. The second-order valence-corrected chi connectivity index (χ2v) is 19.4. The van der Waals surface area contributed by atoms with Crippen LogP contribution in [0.25, 0.3) is 32.8 Å². The number of hydrogen-bond donors (Lipinski definition) is 3. The minimum Gasteiger partial charge on any atom is -0.484 e. The highest BCUT2D eigenvalue weighted by atomic mass is 32.2. The number of fused-ring (bicyclic) bond motifs is 5. The Labute approximate surface area is 345 Å². The molecular formula is C42H48N6O9S2. The molecule has 5 atom stereocenters. The number of amides is 4. The van der Waals surface area contributed by atoms with Crippen molar-refractivity contribution in [3.63, 3.8) is 0 Å². The first-order valence-corrected chi connectivity index (χ1v) is 23.1. The standard InChI is InChI=1S/C42H48N6O9S2/c1-24-23-58-38(43-24)31-20-34(36-35(44-31)29-14-9-10-16-33(29)57-36)55-27-19-32-37(49)46-42(40(51)47-59(53,54)28-17-18-28)21-25(42)11-5-3-2-4-6-15-30(39(50)48(32)22-27)45-41(52)56-26-12-7-8-13-26/h5,9-11,14,16,20,23,25-28,30,32H,2-4,6-8,12-13,15,17-19,21-22H2,1H3,(H,45,52)(H,46,49)(H,47,51)/b11-5-/t25-,27+,30-,32-,42+/m0/s1. The van der Waals surface area contributed by atoms with Crippen LogP contribution in [0.4, 0.5) is 4.79 Å². The largest absolute Gasteiger partial charge is 0.484 e. The smallest absolute Gasteiger partial charge is 0.408 e. The molecule has 4 fully saturated rings. The van der Waals surface area contributed by atoms with Crippen molar-refractivity contribution in [1.29, 1.82) is 0 Å². The van der Waals surface area contributed by atoms with E-state index in [9.17, 15) is 27.6 Å². The number of rotatable bonds is 8. The quantitative estimate of drug-likeness (QED) is 0.181. The third-order valence-electron chi connectivity index (χ3n) is 12.1. The Morgan fingerprint density at radius 1 is 1.02 bits per heavy atom. The van der Waals surface area contributed by atoms with Crippen LogP contribution >= 0.6 is 11.3 Å². The highest BCUT2D eigenvalue weighted by Crippen LogP contribution is 2.46. The van der Waals surface area contributed by atoms with Crippen molar-refractivity contribution in [2.24, 2.45) is 5.92 Å². The summed E-state index contributed by atoms with van der Waals surface area (Å²) in [6, 6.07) is 7.16. The van der Waals surface area contributed by atoms with E-state index in [1.807, 2.05) is 48.7 Å². The van der Waals surface area contributed by atoms with Gasteiger partial charge in [-0.05, 0) is 83.3 Å². The lowest BCUT2D eigenvalue weighted by Gasteiger charge is -2.30. The number of carbonyl (C=O) groups is 4. The highest BCUT2D eigenvalue weighted by molar-refractivity contribution is 7.91. The molecule has 1 saturated heterocycles. The molecule has 3 saturated carbocycles. The van der Waals surface area contributed by atoms with Gasteiger partial charge in [-0.3, -0.25) is 19.1 Å². The van der Waals surface area contributed by atoms with E-state index in [0.29, 0.717) is 65.2 Å². The summed E-state index contributed by atoms with van der Waals surface area (Å²) in [4.78, 5) is 67.4. The normalized spacial score (nSPS) is 27.3. The van der Waals surface area contributed by atoms with Gasteiger partial charge >= 0.3 is 6.09 Å². The Bertz CT molecular complexity index is 2440. The van der Waals surface area contributed by atoms with Crippen LogP contribution in [0, 0.1) is 12.8 Å². The zero-order valence-electron chi connectivity index (χ0n) is 32.8. The lowest BCUT2D eigenvalue weighted by molar-refractivity contribution is -0.141. The van der Waals surface area contributed by atoms with Crippen LogP contribution in [-0.2, 0) is 29.1 Å². The minimum absolute atomic E-state index is 0.0267. The van der Waals surface area contributed by atoms with E-state index >= 15 is 0 Å². The van der Waals surface area contributed by atoms with Crippen LogP contribution < -0.4 is 20.1 Å². The second-order valence-electron chi connectivity index (χ2n) is 16.6. The zero-order valence-corrected chi connectivity index (χ0v) is 34.4. The molecule has 2 aliphatic heterocycles. The molecule has 5 heterocycles. The van der Waals surface area contributed by atoms with Crippen molar-refractivity contribution < 1.29 is 41.5 Å². The van der Waals surface area contributed by atoms with E-state index in [1.165, 1.54) is 16.2 Å². The summed E-state index contributed by atoms with van der Waals surface area (Å²) in [5, 5.41) is 8.52. The number of carbonyl (C=O) groups excluding carboxylic acids is 4. The van der Waals surface area contributed by atoms with Crippen LogP contribution in [0.1, 0.15) is 89.2 Å². The summed E-state index contributed by atoms with van der Waals surface area (Å²) in [6.45, 7) is 1.88. The average Bonchev–Trinajstić information content (AvgIpc) is 3.89. The Morgan fingerprint density at radius 2 is 1.81 bits per heavy atom. The van der Waals surface area contributed by atoms with E-state index in [2.05, 4.69) is 20.3 Å². The molecule has 3 aliphatic carbocycles. The number of pyridine rings is 1. The summed E-state index contributed by atoms with van der Waals surface area (Å²) in [5.74, 6) is -1.96. The van der Waals surface area contributed by atoms with Crippen LogP contribution in [0.2, 0.25) is 0 Å². The van der Waals surface area contributed by atoms with Gasteiger partial charge in [0.05, 0.1) is 11.8 Å². The number of aryl methyl sites for hydroxylation is 1. The number of thiazole rings is 1. The van der Waals surface area contributed by atoms with Crippen LogP contribution in [0.3, 0.4) is 0 Å². The van der Waals surface area contributed by atoms with Gasteiger partial charge in [0.2, 0.25) is 21.8 Å². The van der Waals surface area contributed by atoms with Crippen LogP contribution in [0.15, 0.2) is 52.3 Å². The Kier molecular flexibility index (Phi) is 10.6. The molecule has 17 heteroatoms. The van der Waals surface area contributed by atoms with Crippen molar-refractivity contribution in [3.8, 4) is 16.5 Å². The SMILES string of the molecule is Cc1csc(-c2cc(O[C@@H]3C[C@H]4C(=O)N[C@]5(C(=O)NS(=O)(=O)C6CC6)C[C@@H]5/C=C\CCCCC[C@H](NC(=O)OC5CCCC5)C(=O)N4C3)c3oc4ccccc4c3n2)n1. The van der Waals surface area contributed by atoms with Gasteiger partial charge in [-0.1, -0.05) is 37.1 Å². The van der Waals surface area contributed by atoms with Gasteiger partial charge in [-0.2, -0.15) is 0 Å². The number of furan rings is 1. The van der Waals surface area contributed by atoms with Gasteiger partial charge < -0.3 is 29.4 Å². The van der Waals surface area contributed by atoms with Gasteiger partial charge in [0.1, 0.15) is 51.6 Å². The van der Waals surface area contributed by atoms with Gasteiger partial charge in [-0.25, -0.2) is 23.2 Å². The maximum absolute atomic E-state index is 14.7. The Morgan fingerprint density at radius 3 is 2.59 bits per heavy atom. The Hall–Kier alpha value is -5.03. The van der Waals surface area contributed by atoms with Crippen molar-refractivity contribution in [1.82, 2.24) is 30.2 Å². The topological polar surface area (TPSA) is 199 Å². The first kappa shape index (κ1) is 39.4. The highest BCUT2D eigenvalue weighted by Gasteiger charge is 2.62. The number of ether oxygens (including phenoxy) is 2. The lowest BCUT2D eigenvalue weighted by Crippen LogP contribution is -2.58. The van der Waals surface area contributed by atoms with Crippen LogP contribution in [0.5, 0.6) is 5.75 Å². The van der Waals surface area contributed by atoms with Crippen molar-refractivity contribution in [3.05, 3.63) is 53.6 Å². The molecule has 15 nitrogen and oxygen atoms in total. The molecule has 4 aromatic rings. The molecule has 9 rings (SSSR count). The first-order valence-electron chi connectivity index (χ1n) is 20.7. The van der Waals surface area contributed by atoms with Gasteiger partial charge in [0.15, 0.2) is 11.3 Å². The maximum atomic E-state index is 14.7. The number of sulfonamides is 1. The minimum atomic E-state index is -3.91. The summed E-state index contributed by atoms with van der Waals surface area (Å²) in [7, 11) is -3.91. The van der Waals surface area contributed by atoms with Crippen molar-refractivity contribution >= 4 is 67.2 Å². The van der Waals surface area contributed by atoms with Gasteiger partial charge in [-0.15, -0.1) is 11.3 Å². The number of benzene rings is 1. The van der Waals surface area contributed by atoms with E-state index in [1.54, 1.807) is 6.07 Å². The molecule has 5 aliphatic rings. The average molecular weight is 845 g/mol. The summed E-state index contributed by atoms with van der Waals surface area (Å²) < 4.78 is 46.9. The molecule has 4 amide bonds. The lowest BCUT2D eigenvalue weighted by atomic mass is 10.0. The number of aromatic nitrogens is 2. The molecular weight excluding hydrogens is 797 g/mol. The molecule has 1 aromatic carbocycles. The number of nitrogens with one attached hydrogen (secondary N) is 3. The first-order chi connectivity index (χ1) is 28.5. The monoisotopic (exact) mass is 844 g/mol. The van der Waals surface area contributed by atoms with E-state index in [0.717, 1.165) is 49.6 Å². The number of allylic oxidation sites excluding steroid dienone is 1. The van der Waals surface area contributed by atoms with E-state index in [4.69, 9.17) is 18.9 Å². The molecule has 312 valence electrons. The molecule has 0 spiro atoms. The van der Waals surface area contributed by atoms with E-state index < -0.39 is 68.7 Å². The Balaban J connectivity index is 1.05. The molecule has 3 N–H and O–H groups in total. The fourth-order valence-electron chi connectivity index (χ4n) is 8.68. The van der Waals surface area contributed by atoms with Crippen molar-refractivity contribution in [2.45, 2.75) is 125 Å². The van der Waals surface area contributed by atoms with Gasteiger partial charge in [0, 0.05) is 34.9 Å². The third-order valence-corrected chi connectivity index (χ3v) is 14.9. The summed E-state index contributed by atoms with van der Waals surface area (Å²) in [6.07, 6.45) is 10.1. The molecule has 0 unspecified atom stereocenters. The van der Waals surface area contributed by atoms with Crippen molar-refractivity contribution in [2.75, 3.05) is 6.54 Å². The number of hydrogen-bond acceptors (Lipinski definition) is 12. The van der Waals surface area contributed by atoms with Gasteiger partial charge in [0.25, 0.3) is 5.91 Å². The second kappa shape index (κ2) is 15.9. The predicted octanol–water partition coefficient (Wildman–Crippen LogP) is 5.80.